The highest BCUT2D eigenvalue weighted by atomic mass is 35.5. The van der Waals surface area contributed by atoms with E-state index >= 15 is 0 Å². The molecule has 0 fully saturated rings. The fourth-order valence-electron chi connectivity index (χ4n) is 2.00. The van der Waals surface area contributed by atoms with Crippen LogP contribution in [-0.2, 0) is 6.54 Å². The third kappa shape index (κ3) is 4.05. The molecule has 2 N–H and O–H groups in total. The van der Waals surface area contributed by atoms with E-state index in [2.05, 4.69) is 19.9 Å². The Morgan fingerprint density at radius 2 is 1.73 bits per heavy atom. The summed E-state index contributed by atoms with van der Waals surface area (Å²) in [5, 5.41) is 0.736. The van der Waals surface area contributed by atoms with Gasteiger partial charge in [-0.3, -0.25) is 4.90 Å². The molecule has 0 unspecified atom stereocenters. The second-order valence-corrected chi connectivity index (χ2v) is 5.90. The van der Waals surface area contributed by atoms with Crippen molar-refractivity contribution in [1.29, 1.82) is 0 Å². The van der Waals surface area contributed by atoms with E-state index < -0.39 is 0 Å². The zero-order chi connectivity index (χ0) is 16.3. The highest BCUT2D eigenvalue weighted by Gasteiger charge is 2.17. The maximum atomic E-state index is 5.91. The van der Waals surface area contributed by atoms with E-state index in [0.717, 1.165) is 11.6 Å². The highest BCUT2D eigenvalue weighted by molar-refractivity contribution is 6.30. The van der Waals surface area contributed by atoms with Gasteiger partial charge in [-0.05, 0) is 31.7 Å². The molecule has 0 amide bonds. The summed E-state index contributed by atoms with van der Waals surface area (Å²) < 4.78 is 0. The van der Waals surface area contributed by atoms with Crippen molar-refractivity contribution in [2.45, 2.75) is 19.5 Å². The molecule has 1 aromatic heterocycles. The fourth-order valence-corrected chi connectivity index (χ4v) is 2.12. The number of nitrogen functional groups attached to an aromatic ring is 1. The molecule has 1 heterocycles. The molecule has 0 spiro atoms. The SMILES string of the molecule is C[C@H](c1nc(N)nc(N(C)C)n1)N(C)Cc1ccc(Cl)cc1. The minimum absolute atomic E-state index is 0.0136. The number of nitrogens with two attached hydrogens (primary N) is 1. The van der Waals surface area contributed by atoms with E-state index in [1.54, 1.807) is 0 Å². The van der Waals surface area contributed by atoms with Crippen LogP contribution in [0.15, 0.2) is 24.3 Å². The summed E-state index contributed by atoms with van der Waals surface area (Å²) in [6, 6.07) is 7.82. The summed E-state index contributed by atoms with van der Waals surface area (Å²) in [6.45, 7) is 2.81. The molecule has 1 aromatic carbocycles. The van der Waals surface area contributed by atoms with E-state index in [0.29, 0.717) is 11.8 Å². The van der Waals surface area contributed by atoms with Gasteiger partial charge in [-0.1, -0.05) is 23.7 Å². The number of benzene rings is 1. The Labute approximate surface area is 135 Å². The number of rotatable bonds is 5. The lowest BCUT2D eigenvalue weighted by Gasteiger charge is -2.24. The molecule has 1 atom stereocenters. The lowest BCUT2D eigenvalue weighted by molar-refractivity contribution is 0.243. The number of hydrogen-bond donors (Lipinski definition) is 1. The van der Waals surface area contributed by atoms with Crippen molar-refractivity contribution in [3.8, 4) is 0 Å². The van der Waals surface area contributed by atoms with Gasteiger partial charge in [-0.2, -0.15) is 15.0 Å². The number of hydrogen-bond acceptors (Lipinski definition) is 6. The molecule has 2 rings (SSSR count). The lowest BCUT2D eigenvalue weighted by atomic mass is 10.2. The van der Waals surface area contributed by atoms with Crippen LogP contribution < -0.4 is 10.6 Å². The number of halogens is 1. The molecule has 0 bridgehead atoms. The number of nitrogens with zero attached hydrogens (tertiary/aromatic N) is 5. The predicted octanol–water partition coefficient (Wildman–Crippen LogP) is 2.37. The first-order valence-electron chi connectivity index (χ1n) is 7.00. The van der Waals surface area contributed by atoms with Crippen LogP contribution in [0.4, 0.5) is 11.9 Å². The Morgan fingerprint density at radius 1 is 1.09 bits per heavy atom. The molecule has 0 saturated carbocycles. The molecule has 6 nitrogen and oxygen atoms in total. The number of aromatic nitrogens is 3. The minimum atomic E-state index is 0.0136. The highest BCUT2D eigenvalue weighted by Crippen LogP contribution is 2.20. The standard InChI is InChI=1S/C15H21ClN6/c1-10(13-18-14(17)20-15(19-13)21(2)3)22(4)9-11-5-7-12(16)8-6-11/h5-8,10H,9H2,1-4H3,(H2,17,18,19,20)/t10-/m1/s1. The number of anilines is 2. The molecule has 2 aromatic rings. The third-order valence-corrected chi connectivity index (χ3v) is 3.69. The maximum absolute atomic E-state index is 5.91. The molecule has 0 aliphatic rings. The van der Waals surface area contributed by atoms with E-state index in [4.69, 9.17) is 17.3 Å². The van der Waals surface area contributed by atoms with Crippen LogP contribution in [0.3, 0.4) is 0 Å². The van der Waals surface area contributed by atoms with Crippen molar-refractivity contribution in [3.63, 3.8) is 0 Å². The van der Waals surface area contributed by atoms with E-state index in [9.17, 15) is 0 Å². The van der Waals surface area contributed by atoms with Gasteiger partial charge < -0.3 is 10.6 Å². The van der Waals surface area contributed by atoms with Crippen LogP contribution in [0.5, 0.6) is 0 Å². The van der Waals surface area contributed by atoms with E-state index in [1.165, 1.54) is 5.56 Å². The monoisotopic (exact) mass is 320 g/mol. The zero-order valence-electron chi connectivity index (χ0n) is 13.3. The van der Waals surface area contributed by atoms with Crippen molar-refractivity contribution in [3.05, 3.63) is 40.7 Å². The molecule has 0 saturated heterocycles. The van der Waals surface area contributed by atoms with Gasteiger partial charge in [0.15, 0.2) is 5.82 Å². The van der Waals surface area contributed by atoms with Crippen LogP contribution in [0.25, 0.3) is 0 Å². The average molecular weight is 321 g/mol. The molecule has 0 radical (unpaired) electrons. The maximum Gasteiger partial charge on any atom is 0.229 e. The Hall–Kier alpha value is -1.92. The summed E-state index contributed by atoms with van der Waals surface area (Å²) in [6.07, 6.45) is 0. The van der Waals surface area contributed by atoms with Gasteiger partial charge >= 0.3 is 0 Å². The molecule has 0 aliphatic carbocycles. The van der Waals surface area contributed by atoms with E-state index in [1.807, 2.05) is 57.2 Å². The average Bonchev–Trinajstić information content (AvgIpc) is 2.48. The van der Waals surface area contributed by atoms with Crippen LogP contribution in [0.2, 0.25) is 5.02 Å². The van der Waals surface area contributed by atoms with Gasteiger partial charge in [-0.15, -0.1) is 0 Å². The first-order valence-corrected chi connectivity index (χ1v) is 7.38. The van der Waals surface area contributed by atoms with Crippen LogP contribution in [-0.4, -0.2) is 41.0 Å². The second kappa shape index (κ2) is 6.89. The Morgan fingerprint density at radius 3 is 2.32 bits per heavy atom. The third-order valence-electron chi connectivity index (χ3n) is 3.44. The first-order chi connectivity index (χ1) is 10.4. The summed E-state index contributed by atoms with van der Waals surface area (Å²) in [5.41, 5.74) is 6.96. The molecule has 118 valence electrons. The summed E-state index contributed by atoms with van der Waals surface area (Å²) in [7, 11) is 5.77. The summed E-state index contributed by atoms with van der Waals surface area (Å²) in [4.78, 5) is 16.8. The summed E-state index contributed by atoms with van der Waals surface area (Å²) >= 11 is 5.91. The van der Waals surface area contributed by atoms with Gasteiger partial charge in [0, 0.05) is 25.7 Å². The van der Waals surface area contributed by atoms with Gasteiger partial charge in [0.1, 0.15) is 0 Å². The molecular formula is C15H21ClN6. The van der Waals surface area contributed by atoms with Crippen LogP contribution in [0.1, 0.15) is 24.4 Å². The van der Waals surface area contributed by atoms with Gasteiger partial charge in [0.2, 0.25) is 11.9 Å². The van der Waals surface area contributed by atoms with Gasteiger partial charge in [0.05, 0.1) is 6.04 Å². The van der Waals surface area contributed by atoms with Crippen LogP contribution >= 0.6 is 11.6 Å². The second-order valence-electron chi connectivity index (χ2n) is 5.46. The van der Waals surface area contributed by atoms with Crippen molar-refractivity contribution in [2.24, 2.45) is 0 Å². The Kier molecular flexibility index (Phi) is 5.15. The van der Waals surface area contributed by atoms with Crippen LogP contribution in [0, 0.1) is 0 Å². The van der Waals surface area contributed by atoms with Crippen molar-refractivity contribution >= 4 is 23.5 Å². The van der Waals surface area contributed by atoms with Gasteiger partial charge in [-0.25, -0.2) is 0 Å². The van der Waals surface area contributed by atoms with E-state index in [-0.39, 0.29) is 12.0 Å². The molecular weight excluding hydrogens is 300 g/mol. The fraction of sp³-hybridized carbons (Fsp3) is 0.400. The molecule has 7 heteroatoms. The summed E-state index contributed by atoms with van der Waals surface area (Å²) in [5.74, 6) is 1.46. The quantitative estimate of drug-likeness (QED) is 0.912. The normalized spacial score (nSPS) is 12.5. The Bertz CT molecular complexity index is 628. The topological polar surface area (TPSA) is 71.2 Å². The van der Waals surface area contributed by atoms with Crippen molar-refractivity contribution in [1.82, 2.24) is 19.9 Å². The minimum Gasteiger partial charge on any atom is -0.368 e. The molecule has 22 heavy (non-hydrogen) atoms. The smallest absolute Gasteiger partial charge is 0.229 e. The molecule has 0 aliphatic heterocycles. The van der Waals surface area contributed by atoms with Gasteiger partial charge in [0.25, 0.3) is 0 Å². The van der Waals surface area contributed by atoms with Crippen molar-refractivity contribution < 1.29 is 0 Å². The largest absolute Gasteiger partial charge is 0.368 e. The predicted molar refractivity (Wildman–Crippen MR) is 89.9 cm³/mol. The first kappa shape index (κ1) is 16.5. The Balaban J connectivity index is 2.16. The lowest BCUT2D eigenvalue weighted by Crippen LogP contribution is -2.25. The zero-order valence-corrected chi connectivity index (χ0v) is 14.0. The van der Waals surface area contributed by atoms with Crippen molar-refractivity contribution in [2.75, 3.05) is 31.8 Å².